The number of nitrogens with two attached hydrogens (primary N) is 1. The summed E-state index contributed by atoms with van der Waals surface area (Å²) in [6, 6.07) is 7.50. The molecule has 2 N–H and O–H groups in total. The van der Waals surface area contributed by atoms with Crippen molar-refractivity contribution in [1.29, 1.82) is 0 Å². The normalized spacial score (nSPS) is 14.7. The second kappa shape index (κ2) is 7.11. The molecule has 0 saturated carbocycles. The molecule has 1 unspecified atom stereocenters. The van der Waals surface area contributed by atoms with Crippen molar-refractivity contribution in [2.45, 2.75) is 26.0 Å². The van der Waals surface area contributed by atoms with Crippen LogP contribution in [0.25, 0.3) is 0 Å². The number of amides is 2. The number of halogens is 2. The van der Waals surface area contributed by atoms with Gasteiger partial charge in [0.2, 0.25) is 5.91 Å². The van der Waals surface area contributed by atoms with Crippen molar-refractivity contribution in [2.75, 3.05) is 6.54 Å². The number of nitrogens with zero attached hydrogens (tertiary/aromatic N) is 1. The molecule has 2 aromatic carbocycles. The lowest BCUT2D eigenvalue weighted by atomic mass is 9.97. The van der Waals surface area contributed by atoms with Crippen LogP contribution in [0.5, 0.6) is 5.75 Å². The lowest BCUT2D eigenvalue weighted by molar-refractivity contribution is -0.122. The molecule has 2 aromatic rings. The summed E-state index contributed by atoms with van der Waals surface area (Å²) in [5, 5.41) is 0. The molecule has 0 aliphatic carbocycles. The van der Waals surface area contributed by atoms with Gasteiger partial charge in [-0.1, -0.05) is 0 Å². The molecule has 1 aliphatic rings. The van der Waals surface area contributed by atoms with Gasteiger partial charge in [-0.25, -0.2) is 8.78 Å². The Labute approximate surface area is 149 Å². The first kappa shape index (κ1) is 17.8. The topological polar surface area (TPSA) is 72.6 Å². The summed E-state index contributed by atoms with van der Waals surface area (Å²) in [5.41, 5.74) is 6.95. The van der Waals surface area contributed by atoms with Crippen LogP contribution in [0.15, 0.2) is 36.4 Å². The number of primary amides is 1. The fourth-order valence-electron chi connectivity index (χ4n) is 2.96. The minimum Gasteiger partial charge on any atom is -0.489 e. The van der Waals surface area contributed by atoms with Gasteiger partial charge in [-0.15, -0.1) is 0 Å². The first-order chi connectivity index (χ1) is 12.3. The SMILES string of the molecule is CC(C(N)=O)N1CCc2cc(OCc3cc(F)cc(F)c3)ccc2C1=O. The monoisotopic (exact) mass is 360 g/mol. The van der Waals surface area contributed by atoms with E-state index in [9.17, 15) is 18.4 Å². The predicted molar refractivity (Wildman–Crippen MR) is 90.5 cm³/mol. The fraction of sp³-hybridized carbons (Fsp3) is 0.263. The Hall–Kier alpha value is -2.96. The minimum atomic E-state index is -0.672. The van der Waals surface area contributed by atoms with Crippen molar-refractivity contribution >= 4 is 11.8 Å². The maximum atomic E-state index is 13.2. The van der Waals surface area contributed by atoms with Crippen molar-refractivity contribution in [3.05, 3.63) is 64.7 Å². The van der Waals surface area contributed by atoms with Crippen LogP contribution in [0.4, 0.5) is 8.78 Å². The van der Waals surface area contributed by atoms with Crippen LogP contribution in [-0.4, -0.2) is 29.3 Å². The fourth-order valence-corrected chi connectivity index (χ4v) is 2.96. The predicted octanol–water partition coefficient (Wildman–Crippen LogP) is 2.42. The zero-order valence-electron chi connectivity index (χ0n) is 14.2. The molecule has 1 aliphatic heterocycles. The molecule has 1 heterocycles. The first-order valence-electron chi connectivity index (χ1n) is 8.16. The van der Waals surface area contributed by atoms with E-state index in [-0.39, 0.29) is 12.5 Å². The second-order valence-electron chi connectivity index (χ2n) is 6.21. The molecule has 2 amide bonds. The Morgan fingerprint density at radius 3 is 2.58 bits per heavy atom. The van der Waals surface area contributed by atoms with Crippen LogP contribution in [-0.2, 0) is 17.8 Å². The van der Waals surface area contributed by atoms with E-state index in [0.29, 0.717) is 29.8 Å². The highest BCUT2D eigenvalue weighted by Gasteiger charge is 2.30. The smallest absolute Gasteiger partial charge is 0.254 e. The van der Waals surface area contributed by atoms with Crippen LogP contribution in [0, 0.1) is 11.6 Å². The lowest BCUT2D eigenvalue weighted by Crippen LogP contribution is -2.49. The summed E-state index contributed by atoms with van der Waals surface area (Å²) in [5.74, 6) is -1.63. The minimum absolute atomic E-state index is 0.00620. The molecular weight excluding hydrogens is 342 g/mol. The number of hydrogen-bond acceptors (Lipinski definition) is 3. The summed E-state index contributed by atoms with van der Waals surface area (Å²) in [6.07, 6.45) is 0.560. The zero-order chi connectivity index (χ0) is 18.8. The van der Waals surface area contributed by atoms with E-state index >= 15 is 0 Å². The molecule has 26 heavy (non-hydrogen) atoms. The summed E-state index contributed by atoms with van der Waals surface area (Å²) < 4.78 is 32.0. The van der Waals surface area contributed by atoms with Crippen LogP contribution >= 0.6 is 0 Å². The third-order valence-corrected chi connectivity index (χ3v) is 4.40. The van der Waals surface area contributed by atoms with Crippen molar-refractivity contribution in [1.82, 2.24) is 4.90 Å². The summed E-state index contributed by atoms with van der Waals surface area (Å²) in [7, 11) is 0. The van der Waals surface area contributed by atoms with Gasteiger partial charge in [0.25, 0.3) is 5.91 Å². The van der Waals surface area contributed by atoms with Gasteiger partial charge in [0, 0.05) is 18.2 Å². The van der Waals surface area contributed by atoms with Gasteiger partial charge in [0.05, 0.1) is 0 Å². The van der Waals surface area contributed by atoms with Crippen LogP contribution in [0.2, 0.25) is 0 Å². The van der Waals surface area contributed by atoms with Gasteiger partial charge >= 0.3 is 0 Å². The molecule has 0 aromatic heterocycles. The molecule has 0 bridgehead atoms. The second-order valence-corrected chi connectivity index (χ2v) is 6.21. The van der Waals surface area contributed by atoms with E-state index in [1.807, 2.05) is 0 Å². The van der Waals surface area contributed by atoms with Gasteiger partial charge in [-0.3, -0.25) is 9.59 Å². The maximum absolute atomic E-state index is 13.2. The molecule has 136 valence electrons. The average Bonchev–Trinajstić information content (AvgIpc) is 2.59. The Balaban J connectivity index is 1.74. The molecule has 0 radical (unpaired) electrons. The number of hydrogen-bond donors (Lipinski definition) is 1. The van der Waals surface area contributed by atoms with Crippen LogP contribution in [0.3, 0.4) is 0 Å². The zero-order valence-corrected chi connectivity index (χ0v) is 14.2. The molecule has 3 rings (SSSR count). The number of benzene rings is 2. The molecule has 0 spiro atoms. The molecular formula is C19H18F2N2O3. The third kappa shape index (κ3) is 3.66. The van der Waals surface area contributed by atoms with E-state index in [1.54, 1.807) is 25.1 Å². The quantitative estimate of drug-likeness (QED) is 0.890. The van der Waals surface area contributed by atoms with Gasteiger partial charge < -0.3 is 15.4 Å². The summed E-state index contributed by atoms with van der Waals surface area (Å²) in [6.45, 7) is 1.99. The summed E-state index contributed by atoms with van der Waals surface area (Å²) >= 11 is 0. The van der Waals surface area contributed by atoms with E-state index < -0.39 is 23.6 Å². The Kier molecular flexibility index (Phi) is 4.88. The van der Waals surface area contributed by atoms with Crippen molar-refractivity contribution in [2.24, 2.45) is 5.73 Å². The van der Waals surface area contributed by atoms with E-state index in [2.05, 4.69) is 0 Å². The molecule has 0 saturated heterocycles. The average molecular weight is 360 g/mol. The first-order valence-corrected chi connectivity index (χ1v) is 8.16. The van der Waals surface area contributed by atoms with Crippen molar-refractivity contribution in [3.8, 4) is 5.75 Å². The van der Waals surface area contributed by atoms with Crippen molar-refractivity contribution < 1.29 is 23.1 Å². The number of ether oxygens (including phenoxy) is 1. The van der Waals surface area contributed by atoms with Gasteiger partial charge in [-0.05, 0) is 54.8 Å². The third-order valence-electron chi connectivity index (χ3n) is 4.40. The van der Waals surface area contributed by atoms with E-state index in [1.165, 1.54) is 17.0 Å². The van der Waals surface area contributed by atoms with Gasteiger partial charge in [0.1, 0.15) is 30.0 Å². The standard InChI is InChI=1S/C19H18F2N2O3/c1-11(18(22)24)23-5-4-13-8-16(2-3-17(13)19(23)25)26-10-12-6-14(20)9-15(21)7-12/h2-3,6-9,11H,4-5,10H2,1H3,(H2,22,24). The van der Waals surface area contributed by atoms with Crippen molar-refractivity contribution in [3.63, 3.8) is 0 Å². The Bertz CT molecular complexity index is 850. The Morgan fingerprint density at radius 1 is 1.23 bits per heavy atom. The molecule has 1 atom stereocenters. The van der Waals surface area contributed by atoms with E-state index in [0.717, 1.165) is 11.6 Å². The number of carbonyl (C=O) groups excluding carboxylic acids is 2. The highest BCUT2D eigenvalue weighted by atomic mass is 19.1. The lowest BCUT2D eigenvalue weighted by Gasteiger charge is -2.32. The Morgan fingerprint density at radius 2 is 1.92 bits per heavy atom. The number of rotatable bonds is 5. The molecule has 7 heteroatoms. The maximum Gasteiger partial charge on any atom is 0.254 e. The summed E-state index contributed by atoms with van der Waals surface area (Å²) in [4.78, 5) is 25.3. The highest BCUT2D eigenvalue weighted by Crippen LogP contribution is 2.25. The van der Waals surface area contributed by atoms with Gasteiger partial charge in [0.15, 0.2) is 0 Å². The van der Waals surface area contributed by atoms with Gasteiger partial charge in [-0.2, -0.15) is 0 Å². The highest BCUT2D eigenvalue weighted by molar-refractivity contribution is 5.99. The van der Waals surface area contributed by atoms with Crippen LogP contribution in [0.1, 0.15) is 28.4 Å². The molecule has 0 fully saturated rings. The molecule has 5 nitrogen and oxygen atoms in total. The van der Waals surface area contributed by atoms with Crippen LogP contribution < -0.4 is 10.5 Å². The number of carbonyl (C=O) groups is 2. The van der Waals surface area contributed by atoms with E-state index in [4.69, 9.17) is 10.5 Å². The number of fused-ring (bicyclic) bond motifs is 1. The largest absolute Gasteiger partial charge is 0.489 e.